The minimum Gasteiger partial charge on any atom is -0.471 e. The van der Waals surface area contributed by atoms with Gasteiger partial charge in [0.05, 0.1) is 27.6 Å². The Morgan fingerprint density at radius 3 is 2.61 bits per heavy atom. The Bertz CT molecular complexity index is 1610. The zero-order valence-electron chi connectivity index (χ0n) is 18.1. The number of nitro groups is 1. The lowest BCUT2D eigenvalue weighted by atomic mass is 10.1. The van der Waals surface area contributed by atoms with Gasteiger partial charge in [-0.2, -0.15) is 28.2 Å². The molecule has 0 fully saturated rings. The van der Waals surface area contributed by atoms with Gasteiger partial charge in [0.15, 0.2) is 12.4 Å². The molecule has 12 heteroatoms. The number of halogens is 3. The molecule has 4 aromatic rings. The van der Waals surface area contributed by atoms with Crippen molar-refractivity contribution in [1.29, 1.82) is 5.26 Å². The summed E-state index contributed by atoms with van der Waals surface area (Å²) in [6, 6.07) is 16.2. The minimum atomic E-state index is -4.63. The fraction of sp³-hybridized carbons (Fsp3) is 0.0833. The van der Waals surface area contributed by atoms with E-state index in [1.807, 2.05) is 0 Å². The second kappa shape index (κ2) is 9.67. The van der Waals surface area contributed by atoms with Crippen LogP contribution in [-0.4, -0.2) is 27.4 Å². The van der Waals surface area contributed by atoms with Gasteiger partial charge < -0.3 is 4.74 Å². The molecule has 0 saturated heterocycles. The molecule has 0 aliphatic carbocycles. The van der Waals surface area contributed by atoms with E-state index in [9.17, 15) is 28.1 Å². The van der Waals surface area contributed by atoms with Gasteiger partial charge in [0.25, 0.3) is 5.56 Å². The van der Waals surface area contributed by atoms with Gasteiger partial charge in [-0.1, -0.05) is 30.3 Å². The molecule has 1 heterocycles. The number of nitrogens with zero attached hydrogens (tertiary/aromatic N) is 5. The first-order chi connectivity index (χ1) is 17.2. The number of alkyl halides is 3. The molecular weight excluding hydrogens is 479 g/mol. The number of aromatic nitrogens is 2. The summed E-state index contributed by atoms with van der Waals surface area (Å²) in [5.41, 5.74) is -1.76. The van der Waals surface area contributed by atoms with E-state index in [0.717, 1.165) is 23.0 Å². The summed E-state index contributed by atoms with van der Waals surface area (Å²) < 4.78 is 46.0. The molecule has 0 amide bonds. The van der Waals surface area contributed by atoms with Gasteiger partial charge in [-0.15, -0.1) is 0 Å². The number of hydrogen-bond acceptors (Lipinski definition) is 7. The average Bonchev–Trinajstić information content (AvgIpc) is 2.86. The van der Waals surface area contributed by atoms with Crippen LogP contribution in [0.25, 0.3) is 22.3 Å². The number of hydrogen-bond donors (Lipinski definition) is 0. The standard InChI is InChI=1S/C24H14F3N5O4/c25-24(26,27)17-7-3-5-15(13-17)22-30-19-9-2-1-8-18(19)23(33)31(22)29-14-16-6-4-10-20(32(34)35)21(16)36-12-11-28/h1-10,13-14H,12H2. The van der Waals surface area contributed by atoms with Crippen LogP contribution >= 0.6 is 0 Å². The van der Waals surface area contributed by atoms with Crippen LogP contribution in [0.3, 0.4) is 0 Å². The summed E-state index contributed by atoms with van der Waals surface area (Å²) in [4.78, 5) is 28.3. The summed E-state index contributed by atoms with van der Waals surface area (Å²) in [6.45, 7) is -0.487. The SMILES string of the molecule is N#CCOc1c(C=Nn2c(-c3cccc(C(F)(F)F)c3)nc3ccccc3c2=O)cccc1[N+](=O)[O-]. The van der Waals surface area contributed by atoms with Gasteiger partial charge in [-0.25, -0.2) is 4.98 Å². The van der Waals surface area contributed by atoms with E-state index in [-0.39, 0.29) is 33.6 Å². The van der Waals surface area contributed by atoms with Crippen molar-refractivity contribution >= 4 is 22.8 Å². The summed E-state index contributed by atoms with van der Waals surface area (Å²) in [7, 11) is 0. The molecule has 0 radical (unpaired) electrons. The Hall–Kier alpha value is -5.05. The topological polar surface area (TPSA) is 123 Å². The second-order valence-corrected chi connectivity index (χ2v) is 7.29. The van der Waals surface area contributed by atoms with Gasteiger partial charge in [0.1, 0.15) is 6.07 Å². The molecule has 36 heavy (non-hydrogen) atoms. The molecule has 9 nitrogen and oxygen atoms in total. The van der Waals surface area contributed by atoms with E-state index in [1.165, 1.54) is 42.5 Å². The molecular formula is C24H14F3N5O4. The van der Waals surface area contributed by atoms with Gasteiger partial charge in [-0.3, -0.25) is 14.9 Å². The lowest BCUT2D eigenvalue weighted by molar-refractivity contribution is -0.385. The van der Waals surface area contributed by atoms with Crippen LogP contribution in [0.4, 0.5) is 18.9 Å². The van der Waals surface area contributed by atoms with E-state index in [0.29, 0.717) is 0 Å². The van der Waals surface area contributed by atoms with Crippen molar-refractivity contribution in [2.24, 2.45) is 5.10 Å². The molecule has 0 aliphatic rings. The molecule has 0 aliphatic heterocycles. The van der Waals surface area contributed by atoms with Crippen molar-refractivity contribution in [3.63, 3.8) is 0 Å². The Morgan fingerprint density at radius 1 is 1.14 bits per heavy atom. The maximum atomic E-state index is 13.3. The smallest absolute Gasteiger partial charge is 0.416 e. The number of nitriles is 1. The summed E-state index contributed by atoms with van der Waals surface area (Å²) in [5, 5.41) is 24.5. The molecule has 1 aromatic heterocycles. The van der Waals surface area contributed by atoms with Crippen molar-refractivity contribution in [2.45, 2.75) is 6.18 Å². The van der Waals surface area contributed by atoms with Gasteiger partial charge in [-0.05, 0) is 30.3 Å². The normalized spacial score (nSPS) is 11.5. The molecule has 0 N–H and O–H groups in total. The van der Waals surface area contributed by atoms with Crippen molar-refractivity contribution in [3.05, 3.63) is 98.3 Å². The zero-order chi connectivity index (χ0) is 25.9. The third-order valence-electron chi connectivity index (χ3n) is 5.02. The fourth-order valence-electron chi connectivity index (χ4n) is 3.42. The Morgan fingerprint density at radius 2 is 1.89 bits per heavy atom. The molecule has 3 aromatic carbocycles. The van der Waals surface area contributed by atoms with Crippen LogP contribution < -0.4 is 10.3 Å². The largest absolute Gasteiger partial charge is 0.471 e. The van der Waals surface area contributed by atoms with E-state index >= 15 is 0 Å². The summed E-state index contributed by atoms with van der Waals surface area (Å²) in [5.74, 6) is -0.429. The number of ether oxygens (including phenoxy) is 1. The third-order valence-corrected chi connectivity index (χ3v) is 5.02. The lowest BCUT2D eigenvalue weighted by Gasteiger charge is -2.12. The molecule has 4 rings (SSSR count). The number of fused-ring (bicyclic) bond motifs is 1. The van der Waals surface area contributed by atoms with Crippen LogP contribution in [0, 0.1) is 21.4 Å². The van der Waals surface area contributed by atoms with Crippen molar-refractivity contribution in [1.82, 2.24) is 9.66 Å². The van der Waals surface area contributed by atoms with Crippen LogP contribution in [0.1, 0.15) is 11.1 Å². The first-order valence-corrected chi connectivity index (χ1v) is 10.2. The highest BCUT2D eigenvalue weighted by Crippen LogP contribution is 2.32. The molecule has 0 unspecified atom stereocenters. The number of para-hydroxylation sites is 2. The van der Waals surface area contributed by atoms with Crippen molar-refractivity contribution in [2.75, 3.05) is 6.61 Å². The molecule has 0 saturated carbocycles. The van der Waals surface area contributed by atoms with Gasteiger partial charge >= 0.3 is 11.9 Å². The number of rotatable bonds is 6. The van der Waals surface area contributed by atoms with E-state index < -0.39 is 34.5 Å². The van der Waals surface area contributed by atoms with E-state index in [2.05, 4.69) is 10.1 Å². The zero-order valence-corrected chi connectivity index (χ0v) is 18.1. The number of benzene rings is 3. The van der Waals surface area contributed by atoms with Gasteiger partial charge in [0.2, 0.25) is 5.75 Å². The average molecular weight is 493 g/mol. The lowest BCUT2D eigenvalue weighted by Crippen LogP contribution is -2.20. The quantitative estimate of drug-likeness (QED) is 0.216. The monoisotopic (exact) mass is 493 g/mol. The highest BCUT2D eigenvalue weighted by molar-refractivity contribution is 5.86. The van der Waals surface area contributed by atoms with Crippen LogP contribution in [0.5, 0.6) is 5.75 Å². The number of nitro benzene ring substituents is 1. The Balaban J connectivity index is 1.94. The fourth-order valence-corrected chi connectivity index (χ4v) is 3.42. The second-order valence-electron chi connectivity index (χ2n) is 7.29. The van der Waals surface area contributed by atoms with Crippen LogP contribution in [-0.2, 0) is 6.18 Å². The van der Waals surface area contributed by atoms with Gasteiger partial charge in [0, 0.05) is 17.2 Å². The first kappa shape index (κ1) is 24.1. The predicted octanol–water partition coefficient (Wildman–Crippen LogP) is 4.78. The molecule has 0 atom stereocenters. The Labute approximate surface area is 200 Å². The summed E-state index contributed by atoms with van der Waals surface area (Å²) in [6.07, 6.45) is -3.55. The van der Waals surface area contributed by atoms with E-state index in [4.69, 9.17) is 10.00 Å². The molecule has 0 bridgehead atoms. The molecule has 0 spiro atoms. The van der Waals surface area contributed by atoms with Crippen molar-refractivity contribution < 1.29 is 22.8 Å². The minimum absolute atomic E-state index is 0.0233. The Kier molecular flexibility index (Phi) is 6.47. The van der Waals surface area contributed by atoms with E-state index in [1.54, 1.807) is 18.2 Å². The van der Waals surface area contributed by atoms with Crippen LogP contribution in [0.2, 0.25) is 0 Å². The third kappa shape index (κ3) is 4.76. The maximum absolute atomic E-state index is 13.3. The molecule has 180 valence electrons. The highest BCUT2D eigenvalue weighted by atomic mass is 19.4. The summed E-state index contributed by atoms with van der Waals surface area (Å²) >= 11 is 0. The predicted molar refractivity (Wildman–Crippen MR) is 124 cm³/mol. The maximum Gasteiger partial charge on any atom is 0.416 e. The van der Waals surface area contributed by atoms with Crippen LogP contribution in [0.15, 0.2) is 76.6 Å². The van der Waals surface area contributed by atoms with Crippen molar-refractivity contribution in [3.8, 4) is 23.2 Å². The first-order valence-electron chi connectivity index (χ1n) is 10.2. The highest BCUT2D eigenvalue weighted by Gasteiger charge is 2.31.